The number of nitriles is 1. The number of carbonyl (C=O) groups is 1. The number of methoxy groups -OCH3 is 1. The van der Waals surface area contributed by atoms with Crippen molar-refractivity contribution >= 4 is 22.5 Å². The van der Waals surface area contributed by atoms with E-state index in [1.807, 2.05) is 6.92 Å². The second kappa shape index (κ2) is 10.6. The van der Waals surface area contributed by atoms with Crippen LogP contribution in [0.15, 0.2) is 42.5 Å². The molecule has 0 bridgehead atoms. The van der Waals surface area contributed by atoms with E-state index < -0.39 is 23.3 Å². The van der Waals surface area contributed by atoms with Gasteiger partial charge in [-0.3, -0.25) is 4.79 Å². The number of fused-ring (bicyclic) bond motifs is 1. The first-order chi connectivity index (χ1) is 17.7. The molecule has 1 N–H and O–H groups in total. The minimum absolute atomic E-state index is 0.0625. The molecule has 0 aliphatic heterocycles. The predicted octanol–water partition coefficient (Wildman–Crippen LogP) is 6.16. The fourth-order valence-corrected chi connectivity index (χ4v) is 4.95. The van der Waals surface area contributed by atoms with Gasteiger partial charge in [-0.25, -0.2) is 9.37 Å². The van der Waals surface area contributed by atoms with Crippen LogP contribution in [0.3, 0.4) is 0 Å². The van der Waals surface area contributed by atoms with Gasteiger partial charge in [0.2, 0.25) is 0 Å². The highest BCUT2D eigenvalue weighted by molar-refractivity contribution is 5.95. The minimum Gasteiger partial charge on any atom is -0.497 e. The maximum absolute atomic E-state index is 14.1. The molecule has 1 heterocycles. The fraction of sp³-hybridized carbons (Fsp3) is 0.370. The Kier molecular flexibility index (Phi) is 7.52. The van der Waals surface area contributed by atoms with Crippen molar-refractivity contribution < 1.29 is 27.1 Å². The third-order valence-corrected chi connectivity index (χ3v) is 6.70. The molecule has 1 fully saturated rings. The first-order valence-electron chi connectivity index (χ1n) is 12.0. The highest BCUT2D eigenvalue weighted by atomic mass is 19.4. The summed E-state index contributed by atoms with van der Waals surface area (Å²) >= 11 is 0. The average Bonchev–Trinajstić information content (AvgIpc) is 2.88. The topological polar surface area (TPSA) is 78.2 Å². The van der Waals surface area contributed by atoms with Gasteiger partial charge in [-0.05, 0) is 75.1 Å². The second-order valence-corrected chi connectivity index (χ2v) is 8.96. The normalized spacial score (nSPS) is 17.8. The van der Waals surface area contributed by atoms with Gasteiger partial charge in [0.05, 0.1) is 18.3 Å². The summed E-state index contributed by atoms with van der Waals surface area (Å²) in [6, 6.07) is 11.2. The van der Waals surface area contributed by atoms with Crippen LogP contribution in [0.25, 0.3) is 10.9 Å². The summed E-state index contributed by atoms with van der Waals surface area (Å²) in [6.45, 7) is 2.33. The van der Waals surface area contributed by atoms with Gasteiger partial charge in [0.25, 0.3) is 5.91 Å². The lowest BCUT2D eigenvalue weighted by molar-refractivity contribution is -0.141. The van der Waals surface area contributed by atoms with Crippen molar-refractivity contribution in [1.82, 2.24) is 9.88 Å². The van der Waals surface area contributed by atoms with Gasteiger partial charge >= 0.3 is 6.18 Å². The van der Waals surface area contributed by atoms with Crippen molar-refractivity contribution in [3.63, 3.8) is 0 Å². The van der Waals surface area contributed by atoms with Gasteiger partial charge < -0.3 is 15.0 Å². The van der Waals surface area contributed by atoms with Crippen LogP contribution < -0.4 is 10.1 Å². The van der Waals surface area contributed by atoms with Gasteiger partial charge in [-0.1, -0.05) is 0 Å². The first kappa shape index (κ1) is 26.2. The monoisotopic (exact) mass is 514 g/mol. The number of halogens is 4. The van der Waals surface area contributed by atoms with Crippen LogP contribution in [0, 0.1) is 17.1 Å². The highest BCUT2D eigenvalue weighted by Crippen LogP contribution is 2.39. The summed E-state index contributed by atoms with van der Waals surface area (Å²) in [5.41, 5.74) is -1.62. The van der Waals surface area contributed by atoms with E-state index in [9.17, 15) is 27.6 Å². The van der Waals surface area contributed by atoms with E-state index in [1.165, 1.54) is 6.07 Å². The summed E-state index contributed by atoms with van der Waals surface area (Å²) in [6.07, 6.45) is -2.32. The van der Waals surface area contributed by atoms with Gasteiger partial charge in [0.1, 0.15) is 23.2 Å². The third-order valence-electron chi connectivity index (χ3n) is 6.70. The largest absolute Gasteiger partial charge is 0.497 e. The molecule has 0 radical (unpaired) electrons. The van der Waals surface area contributed by atoms with Crippen LogP contribution in [0.5, 0.6) is 5.75 Å². The van der Waals surface area contributed by atoms with E-state index in [1.54, 1.807) is 42.3 Å². The van der Waals surface area contributed by atoms with Crippen LogP contribution >= 0.6 is 0 Å². The number of carbonyl (C=O) groups excluding carboxylic acids is 1. The molecule has 37 heavy (non-hydrogen) atoms. The summed E-state index contributed by atoms with van der Waals surface area (Å²) in [4.78, 5) is 18.6. The lowest BCUT2D eigenvalue weighted by atomic mass is 9.89. The molecule has 2 aromatic carbocycles. The summed E-state index contributed by atoms with van der Waals surface area (Å²) in [5, 5.41) is 12.9. The number of benzene rings is 2. The molecule has 0 spiro atoms. The van der Waals surface area contributed by atoms with E-state index in [0.717, 1.165) is 25.0 Å². The molecule has 10 heteroatoms. The number of aromatic nitrogens is 1. The van der Waals surface area contributed by atoms with Crippen LogP contribution in [0.4, 0.5) is 23.2 Å². The average molecular weight is 515 g/mol. The molecule has 4 rings (SSSR count). The summed E-state index contributed by atoms with van der Waals surface area (Å²) in [5.74, 6) is -0.164. The van der Waals surface area contributed by atoms with Gasteiger partial charge in [0, 0.05) is 29.6 Å². The van der Waals surface area contributed by atoms with Crippen LogP contribution in [0.2, 0.25) is 0 Å². The van der Waals surface area contributed by atoms with Gasteiger partial charge in [-0.2, -0.15) is 18.4 Å². The Hall–Kier alpha value is -3.87. The van der Waals surface area contributed by atoms with E-state index in [-0.39, 0.29) is 34.6 Å². The molecule has 0 saturated heterocycles. The quantitative estimate of drug-likeness (QED) is 0.399. The van der Waals surface area contributed by atoms with E-state index in [2.05, 4.69) is 10.3 Å². The molecule has 194 valence electrons. The minimum atomic E-state index is -4.86. The summed E-state index contributed by atoms with van der Waals surface area (Å²) in [7, 11) is 1.54. The van der Waals surface area contributed by atoms with E-state index in [4.69, 9.17) is 4.74 Å². The van der Waals surface area contributed by atoms with Crippen molar-refractivity contribution in [1.29, 1.82) is 5.26 Å². The number of nitrogens with one attached hydrogen (secondary N) is 1. The molecule has 1 aliphatic rings. The Balaban J connectivity index is 1.64. The Morgan fingerprint density at radius 1 is 1.22 bits per heavy atom. The smallest absolute Gasteiger partial charge is 0.434 e. The number of ether oxygens (including phenoxy) is 1. The zero-order chi connectivity index (χ0) is 26.7. The summed E-state index contributed by atoms with van der Waals surface area (Å²) < 4.78 is 60.5. The SMILES string of the molecule is CCN(C(=O)c1ccc(OC)cc1)[C@@H]1CCC[C@H](Nc2c(C#N)c(C(F)(F)F)nc3ccc(F)cc23)C1. The molecular formula is C27H26F4N4O2. The third kappa shape index (κ3) is 5.45. The van der Waals surface area contributed by atoms with Crippen molar-refractivity contribution in [2.24, 2.45) is 0 Å². The number of alkyl halides is 3. The number of amides is 1. The highest BCUT2D eigenvalue weighted by Gasteiger charge is 2.38. The lowest BCUT2D eigenvalue weighted by Crippen LogP contribution is -2.45. The maximum atomic E-state index is 14.1. The van der Waals surface area contributed by atoms with Crippen LogP contribution in [-0.2, 0) is 6.18 Å². The number of rotatable bonds is 6. The number of pyridine rings is 1. The predicted molar refractivity (Wildman–Crippen MR) is 131 cm³/mol. The zero-order valence-electron chi connectivity index (χ0n) is 20.4. The molecule has 6 nitrogen and oxygen atoms in total. The second-order valence-electron chi connectivity index (χ2n) is 8.96. The first-order valence-corrected chi connectivity index (χ1v) is 12.0. The molecule has 3 aromatic rings. The Morgan fingerprint density at radius 3 is 2.57 bits per heavy atom. The number of hydrogen-bond acceptors (Lipinski definition) is 5. The van der Waals surface area contributed by atoms with Crippen molar-refractivity contribution in [3.05, 3.63) is 65.1 Å². The fourth-order valence-electron chi connectivity index (χ4n) is 4.95. The molecule has 1 aromatic heterocycles. The van der Waals surface area contributed by atoms with Crippen molar-refractivity contribution in [2.75, 3.05) is 19.0 Å². The number of hydrogen-bond donors (Lipinski definition) is 1. The van der Waals surface area contributed by atoms with Gasteiger partial charge in [0.15, 0.2) is 5.69 Å². The molecule has 1 saturated carbocycles. The van der Waals surface area contributed by atoms with Crippen molar-refractivity contribution in [3.8, 4) is 11.8 Å². The molecular weight excluding hydrogens is 488 g/mol. The Bertz CT molecular complexity index is 1340. The van der Waals surface area contributed by atoms with E-state index in [0.29, 0.717) is 30.7 Å². The zero-order valence-corrected chi connectivity index (χ0v) is 20.4. The standard InChI is InChI=1S/C27H26F4N4O2/c1-3-35(26(36)16-7-10-20(37-2)11-8-16)19-6-4-5-18(14-19)33-24-21-13-17(28)9-12-23(21)34-25(22(24)15-32)27(29,30)31/h7-13,18-19H,3-6,14H2,1-2H3,(H,33,34)/t18-,19+/m0/s1. The molecule has 1 amide bonds. The van der Waals surface area contributed by atoms with Gasteiger partial charge in [-0.15, -0.1) is 0 Å². The molecule has 1 aliphatic carbocycles. The van der Waals surface area contributed by atoms with Crippen LogP contribution in [-0.4, -0.2) is 41.5 Å². The molecule has 2 atom stereocenters. The Morgan fingerprint density at radius 2 is 1.95 bits per heavy atom. The lowest BCUT2D eigenvalue weighted by Gasteiger charge is -2.38. The van der Waals surface area contributed by atoms with Crippen molar-refractivity contribution in [2.45, 2.75) is 50.9 Å². The molecule has 0 unspecified atom stereocenters. The Labute approximate surface area is 211 Å². The maximum Gasteiger partial charge on any atom is 0.434 e. The number of anilines is 1. The van der Waals surface area contributed by atoms with Crippen LogP contribution in [0.1, 0.15) is 54.2 Å². The van der Waals surface area contributed by atoms with E-state index >= 15 is 0 Å². The number of nitrogens with zero attached hydrogens (tertiary/aromatic N) is 3.